The van der Waals surface area contributed by atoms with Gasteiger partial charge in [-0.2, -0.15) is 0 Å². The van der Waals surface area contributed by atoms with Crippen molar-refractivity contribution in [3.63, 3.8) is 0 Å². The molecule has 0 radical (unpaired) electrons. The van der Waals surface area contributed by atoms with Crippen LogP contribution in [-0.2, 0) is 11.3 Å². The first-order chi connectivity index (χ1) is 13.4. The number of aryl methyl sites for hydroxylation is 1. The van der Waals surface area contributed by atoms with Gasteiger partial charge in [-0.1, -0.05) is 11.6 Å². The van der Waals surface area contributed by atoms with E-state index in [1.807, 2.05) is 24.4 Å². The molecule has 142 valence electrons. The van der Waals surface area contributed by atoms with Crippen molar-refractivity contribution in [3.05, 3.63) is 68.1 Å². The van der Waals surface area contributed by atoms with Crippen LogP contribution in [0.3, 0.4) is 0 Å². The van der Waals surface area contributed by atoms with Crippen molar-refractivity contribution < 1.29 is 9.18 Å². The summed E-state index contributed by atoms with van der Waals surface area (Å²) in [4.78, 5) is 32.3. The van der Waals surface area contributed by atoms with Gasteiger partial charge in [0.2, 0.25) is 5.91 Å². The van der Waals surface area contributed by atoms with E-state index in [0.717, 1.165) is 15.3 Å². The lowest BCUT2D eigenvalue weighted by molar-refractivity contribution is -0.116. The number of carbonyl (C=O) groups is 1. The van der Waals surface area contributed by atoms with Crippen LogP contribution in [0.2, 0.25) is 5.02 Å². The van der Waals surface area contributed by atoms with Crippen LogP contribution in [0.1, 0.15) is 4.88 Å². The molecule has 1 amide bonds. The van der Waals surface area contributed by atoms with Gasteiger partial charge < -0.3 is 5.32 Å². The summed E-state index contributed by atoms with van der Waals surface area (Å²) in [5.74, 6) is -1.15. The van der Waals surface area contributed by atoms with Gasteiger partial charge in [-0.15, -0.1) is 22.7 Å². The Hall–Kier alpha value is -2.55. The van der Waals surface area contributed by atoms with E-state index < -0.39 is 11.7 Å². The normalized spacial score (nSPS) is 11.1. The minimum atomic E-state index is -0.605. The zero-order valence-corrected chi connectivity index (χ0v) is 16.9. The summed E-state index contributed by atoms with van der Waals surface area (Å²) in [6.07, 6.45) is 1.33. The average molecular weight is 434 g/mol. The van der Waals surface area contributed by atoms with Crippen LogP contribution < -0.4 is 10.9 Å². The van der Waals surface area contributed by atoms with E-state index in [4.69, 9.17) is 11.6 Å². The molecule has 0 saturated carbocycles. The molecule has 0 unspecified atom stereocenters. The number of hydrogen-bond acceptors (Lipinski definition) is 5. The lowest BCUT2D eigenvalue weighted by Gasteiger charge is -2.08. The molecule has 3 aromatic heterocycles. The van der Waals surface area contributed by atoms with Crippen LogP contribution in [0.5, 0.6) is 0 Å². The zero-order chi connectivity index (χ0) is 19.8. The second-order valence-corrected chi connectivity index (χ2v) is 8.67. The molecular weight excluding hydrogens is 421 g/mol. The number of aromatic nitrogens is 2. The fourth-order valence-electron chi connectivity index (χ4n) is 2.78. The largest absolute Gasteiger partial charge is 0.322 e. The highest BCUT2D eigenvalue weighted by atomic mass is 35.5. The number of rotatable bonds is 4. The maximum absolute atomic E-state index is 13.8. The van der Waals surface area contributed by atoms with E-state index in [0.29, 0.717) is 15.2 Å². The summed E-state index contributed by atoms with van der Waals surface area (Å²) in [6.45, 7) is 1.71. The Morgan fingerprint density at radius 2 is 2.14 bits per heavy atom. The molecule has 0 aliphatic rings. The van der Waals surface area contributed by atoms with Gasteiger partial charge in [-0.25, -0.2) is 9.37 Å². The van der Waals surface area contributed by atoms with E-state index >= 15 is 0 Å². The Bertz CT molecular complexity index is 1260. The quantitative estimate of drug-likeness (QED) is 0.496. The third-order valence-electron chi connectivity index (χ3n) is 4.08. The lowest BCUT2D eigenvalue weighted by Crippen LogP contribution is -2.28. The molecule has 5 nitrogen and oxygen atoms in total. The summed E-state index contributed by atoms with van der Waals surface area (Å²) in [5, 5.41) is 5.12. The second-order valence-electron chi connectivity index (χ2n) is 6.09. The second kappa shape index (κ2) is 7.46. The summed E-state index contributed by atoms with van der Waals surface area (Å²) < 4.78 is 15.0. The Labute approximate surface area is 172 Å². The van der Waals surface area contributed by atoms with Gasteiger partial charge in [-0.05, 0) is 37.3 Å². The van der Waals surface area contributed by atoms with E-state index in [9.17, 15) is 14.0 Å². The minimum Gasteiger partial charge on any atom is -0.322 e. The Kier molecular flexibility index (Phi) is 5.01. The number of carbonyl (C=O) groups excluding carboxylic acids is 1. The molecule has 9 heteroatoms. The van der Waals surface area contributed by atoms with E-state index in [1.165, 1.54) is 40.4 Å². The zero-order valence-electron chi connectivity index (χ0n) is 14.5. The first-order valence-electron chi connectivity index (χ1n) is 8.21. The van der Waals surface area contributed by atoms with Crippen LogP contribution in [0.25, 0.3) is 20.7 Å². The molecule has 0 atom stereocenters. The molecule has 28 heavy (non-hydrogen) atoms. The number of hydrogen-bond donors (Lipinski definition) is 1. The van der Waals surface area contributed by atoms with Crippen molar-refractivity contribution in [2.45, 2.75) is 13.5 Å². The molecule has 1 aromatic carbocycles. The van der Waals surface area contributed by atoms with Crippen LogP contribution >= 0.6 is 34.3 Å². The molecule has 3 heterocycles. The number of nitrogens with one attached hydrogen (secondary N) is 1. The van der Waals surface area contributed by atoms with Gasteiger partial charge in [0, 0.05) is 25.7 Å². The molecule has 4 aromatic rings. The van der Waals surface area contributed by atoms with E-state index in [-0.39, 0.29) is 17.8 Å². The van der Waals surface area contributed by atoms with Crippen molar-refractivity contribution in [2.75, 3.05) is 5.32 Å². The molecule has 0 aliphatic heterocycles. The number of amides is 1. The van der Waals surface area contributed by atoms with Crippen LogP contribution in [0.15, 0.2) is 46.8 Å². The van der Waals surface area contributed by atoms with Crippen LogP contribution in [0.4, 0.5) is 10.1 Å². The fourth-order valence-corrected chi connectivity index (χ4v) is 4.81. The molecule has 0 fully saturated rings. The predicted octanol–water partition coefficient (Wildman–Crippen LogP) is 4.93. The summed E-state index contributed by atoms with van der Waals surface area (Å²) in [7, 11) is 0. The number of nitrogens with zero attached hydrogens (tertiary/aromatic N) is 2. The molecule has 4 rings (SSSR count). The summed E-state index contributed by atoms with van der Waals surface area (Å²) in [6, 6.07) is 7.82. The van der Waals surface area contributed by atoms with Crippen molar-refractivity contribution >= 4 is 56.1 Å². The van der Waals surface area contributed by atoms with Crippen molar-refractivity contribution in [3.8, 4) is 10.4 Å². The van der Waals surface area contributed by atoms with Crippen molar-refractivity contribution in [1.29, 1.82) is 0 Å². The first-order valence-corrected chi connectivity index (χ1v) is 10.3. The molecule has 0 aliphatic carbocycles. The number of halogens is 2. The van der Waals surface area contributed by atoms with Crippen LogP contribution in [0, 0.1) is 12.7 Å². The highest BCUT2D eigenvalue weighted by Gasteiger charge is 2.16. The maximum atomic E-state index is 13.8. The Morgan fingerprint density at radius 1 is 1.32 bits per heavy atom. The number of thiophene rings is 2. The smallest absolute Gasteiger partial charge is 0.263 e. The lowest BCUT2D eigenvalue weighted by atomic mass is 10.2. The fraction of sp³-hybridized carbons (Fsp3) is 0.105. The van der Waals surface area contributed by atoms with Gasteiger partial charge in [-0.3, -0.25) is 14.2 Å². The number of fused-ring (bicyclic) bond motifs is 1. The third-order valence-corrected chi connectivity index (χ3v) is 6.24. The molecular formula is C19H13ClFN3O2S2. The predicted molar refractivity (Wildman–Crippen MR) is 112 cm³/mol. The van der Waals surface area contributed by atoms with Gasteiger partial charge in [0.25, 0.3) is 5.56 Å². The summed E-state index contributed by atoms with van der Waals surface area (Å²) >= 11 is 8.81. The Morgan fingerprint density at radius 3 is 2.89 bits per heavy atom. The van der Waals surface area contributed by atoms with Crippen molar-refractivity contribution in [2.24, 2.45) is 0 Å². The molecule has 0 spiro atoms. The van der Waals surface area contributed by atoms with Gasteiger partial charge in [0.15, 0.2) is 0 Å². The highest BCUT2D eigenvalue weighted by Crippen LogP contribution is 2.34. The molecule has 1 N–H and O–H groups in total. The minimum absolute atomic E-state index is 0.0372. The standard InChI is InChI=1S/C19H13ClFN3O2S2/c1-10-2-5-15(28-10)12-8-27-18-17(12)19(26)24(9-22-18)7-16(25)23-14-6-11(20)3-4-13(14)21/h2-6,8-9H,7H2,1H3,(H,23,25). The topological polar surface area (TPSA) is 64.0 Å². The van der Waals surface area contributed by atoms with Gasteiger partial charge in [0.1, 0.15) is 17.2 Å². The highest BCUT2D eigenvalue weighted by molar-refractivity contribution is 7.19. The maximum Gasteiger partial charge on any atom is 0.263 e. The third kappa shape index (κ3) is 3.58. The Balaban J connectivity index is 1.66. The first kappa shape index (κ1) is 18.8. The summed E-state index contributed by atoms with van der Waals surface area (Å²) in [5.41, 5.74) is 0.463. The van der Waals surface area contributed by atoms with E-state index in [1.54, 1.807) is 11.3 Å². The van der Waals surface area contributed by atoms with Crippen LogP contribution in [-0.4, -0.2) is 15.5 Å². The van der Waals surface area contributed by atoms with Gasteiger partial charge in [0.05, 0.1) is 17.4 Å². The number of anilines is 1. The number of benzene rings is 1. The average Bonchev–Trinajstić information content (AvgIpc) is 3.27. The van der Waals surface area contributed by atoms with Gasteiger partial charge >= 0.3 is 0 Å². The molecule has 0 saturated heterocycles. The monoisotopic (exact) mass is 433 g/mol. The SMILES string of the molecule is Cc1ccc(-c2csc3ncn(CC(=O)Nc4cc(Cl)ccc4F)c(=O)c23)s1. The van der Waals surface area contributed by atoms with E-state index in [2.05, 4.69) is 10.3 Å². The van der Waals surface area contributed by atoms with Crippen molar-refractivity contribution in [1.82, 2.24) is 9.55 Å². The molecule has 0 bridgehead atoms.